The van der Waals surface area contributed by atoms with Crippen LogP contribution in [-0.2, 0) is 6.42 Å². The number of hydrogen-bond donors (Lipinski definition) is 1. The molecule has 0 fully saturated rings. The molecule has 0 spiro atoms. The van der Waals surface area contributed by atoms with Crippen molar-refractivity contribution in [1.82, 2.24) is 0 Å². The minimum Gasteiger partial charge on any atom is -0.495 e. The Morgan fingerprint density at radius 2 is 1.87 bits per heavy atom. The second kappa shape index (κ2) is 4.60. The van der Waals surface area contributed by atoms with Crippen molar-refractivity contribution in [3.8, 4) is 5.75 Å². The summed E-state index contributed by atoms with van der Waals surface area (Å²) in [6.45, 7) is 3.45. The molecule has 0 aromatic heterocycles. The van der Waals surface area contributed by atoms with Gasteiger partial charge < -0.3 is 9.84 Å². The molecular formula is C11H14Cl2O2. The fourth-order valence-corrected chi connectivity index (χ4v) is 1.81. The molecule has 0 radical (unpaired) electrons. The lowest BCUT2D eigenvalue weighted by molar-refractivity contribution is 0.0810. The van der Waals surface area contributed by atoms with Crippen LogP contribution in [0.25, 0.3) is 0 Å². The third kappa shape index (κ3) is 3.56. The van der Waals surface area contributed by atoms with Gasteiger partial charge in [-0.05, 0) is 25.5 Å². The van der Waals surface area contributed by atoms with E-state index in [2.05, 4.69) is 0 Å². The highest BCUT2D eigenvalue weighted by molar-refractivity contribution is 6.34. The molecule has 0 atom stereocenters. The van der Waals surface area contributed by atoms with Crippen molar-refractivity contribution in [2.75, 3.05) is 7.11 Å². The van der Waals surface area contributed by atoms with E-state index in [0.29, 0.717) is 22.2 Å². The summed E-state index contributed by atoms with van der Waals surface area (Å²) in [4.78, 5) is 0. The van der Waals surface area contributed by atoms with Gasteiger partial charge in [-0.3, -0.25) is 0 Å². The van der Waals surface area contributed by atoms with Crippen molar-refractivity contribution < 1.29 is 9.84 Å². The lowest BCUT2D eigenvalue weighted by Crippen LogP contribution is -2.22. The van der Waals surface area contributed by atoms with Gasteiger partial charge in [-0.25, -0.2) is 0 Å². The first-order valence-electron chi connectivity index (χ1n) is 4.58. The third-order valence-electron chi connectivity index (χ3n) is 1.94. The van der Waals surface area contributed by atoms with Crippen molar-refractivity contribution in [1.29, 1.82) is 0 Å². The van der Waals surface area contributed by atoms with E-state index in [1.165, 1.54) is 7.11 Å². The Morgan fingerprint density at radius 1 is 1.27 bits per heavy atom. The first-order chi connectivity index (χ1) is 6.83. The fourth-order valence-electron chi connectivity index (χ4n) is 1.33. The molecule has 0 bridgehead atoms. The van der Waals surface area contributed by atoms with Gasteiger partial charge in [-0.1, -0.05) is 23.2 Å². The van der Waals surface area contributed by atoms with E-state index >= 15 is 0 Å². The topological polar surface area (TPSA) is 29.5 Å². The Balaban J connectivity index is 3.05. The fraction of sp³-hybridized carbons (Fsp3) is 0.455. The van der Waals surface area contributed by atoms with Gasteiger partial charge in [0.25, 0.3) is 0 Å². The maximum Gasteiger partial charge on any atom is 0.138 e. The van der Waals surface area contributed by atoms with E-state index in [-0.39, 0.29) is 0 Å². The van der Waals surface area contributed by atoms with Gasteiger partial charge in [0, 0.05) is 17.5 Å². The highest BCUT2D eigenvalue weighted by Gasteiger charge is 2.17. The molecule has 1 aromatic carbocycles. The molecule has 1 N–H and O–H groups in total. The molecule has 0 saturated heterocycles. The molecular weight excluding hydrogens is 235 g/mol. The predicted octanol–water partition coefficient (Wildman–Crippen LogP) is 3.32. The number of aliphatic hydroxyl groups is 1. The summed E-state index contributed by atoms with van der Waals surface area (Å²) in [7, 11) is 1.53. The average Bonchev–Trinajstić information content (AvgIpc) is 2.08. The van der Waals surface area contributed by atoms with E-state index in [1.807, 2.05) is 0 Å². The van der Waals surface area contributed by atoms with Crippen LogP contribution >= 0.6 is 23.2 Å². The molecule has 2 nitrogen and oxygen atoms in total. The molecule has 0 amide bonds. The highest BCUT2D eigenvalue weighted by Crippen LogP contribution is 2.32. The largest absolute Gasteiger partial charge is 0.495 e. The number of benzene rings is 1. The van der Waals surface area contributed by atoms with Crippen molar-refractivity contribution in [2.24, 2.45) is 0 Å². The van der Waals surface area contributed by atoms with E-state index in [1.54, 1.807) is 26.0 Å². The van der Waals surface area contributed by atoms with Crippen LogP contribution in [0.5, 0.6) is 5.75 Å². The van der Waals surface area contributed by atoms with Crippen LogP contribution in [0, 0.1) is 0 Å². The van der Waals surface area contributed by atoms with E-state index in [9.17, 15) is 5.11 Å². The van der Waals surface area contributed by atoms with Gasteiger partial charge in [0.1, 0.15) is 5.75 Å². The molecule has 0 aliphatic carbocycles. The Bertz CT molecular complexity index is 356. The minimum absolute atomic E-state index is 0.454. The normalized spacial score (nSPS) is 11.6. The van der Waals surface area contributed by atoms with Crippen LogP contribution in [0.2, 0.25) is 10.0 Å². The molecule has 0 unspecified atom stereocenters. The zero-order chi connectivity index (χ0) is 11.6. The number of hydrogen-bond acceptors (Lipinski definition) is 2. The predicted molar refractivity (Wildman–Crippen MR) is 63.0 cm³/mol. The third-order valence-corrected chi connectivity index (χ3v) is 2.59. The molecule has 0 saturated carbocycles. The summed E-state index contributed by atoms with van der Waals surface area (Å²) >= 11 is 12.0. The standard InChI is InChI=1S/C11H14Cl2O2/c1-11(2,14)6-7-4-9(13)10(15-3)5-8(7)12/h4-5,14H,6H2,1-3H3. The summed E-state index contributed by atoms with van der Waals surface area (Å²) in [5.41, 5.74) is 0.0108. The molecule has 84 valence electrons. The van der Waals surface area contributed by atoms with Crippen LogP contribution in [0.1, 0.15) is 19.4 Å². The van der Waals surface area contributed by atoms with Crippen LogP contribution in [-0.4, -0.2) is 17.8 Å². The number of methoxy groups -OCH3 is 1. The number of halogens is 2. The van der Waals surface area contributed by atoms with E-state index < -0.39 is 5.60 Å². The Labute approximate surface area is 99.8 Å². The van der Waals surface area contributed by atoms with E-state index in [4.69, 9.17) is 27.9 Å². The van der Waals surface area contributed by atoms with Crippen LogP contribution in [0.15, 0.2) is 12.1 Å². The van der Waals surface area contributed by atoms with Crippen molar-refractivity contribution in [3.05, 3.63) is 27.7 Å². The first-order valence-corrected chi connectivity index (χ1v) is 5.33. The monoisotopic (exact) mass is 248 g/mol. The van der Waals surface area contributed by atoms with Crippen molar-refractivity contribution >= 4 is 23.2 Å². The SMILES string of the molecule is COc1cc(Cl)c(CC(C)(C)O)cc1Cl. The Hall–Kier alpha value is -0.440. The average molecular weight is 249 g/mol. The molecule has 15 heavy (non-hydrogen) atoms. The molecule has 0 heterocycles. The summed E-state index contributed by atoms with van der Waals surface area (Å²) < 4.78 is 5.03. The smallest absolute Gasteiger partial charge is 0.138 e. The molecule has 4 heteroatoms. The highest BCUT2D eigenvalue weighted by atomic mass is 35.5. The molecule has 0 aliphatic rings. The number of ether oxygens (including phenoxy) is 1. The first kappa shape index (κ1) is 12.6. The van der Waals surface area contributed by atoms with Gasteiger partial charge in [0.15, 0.2) is 0 Å². The number of rotatable bonds is 3. The molecule has 0 aliphatic heterocycles. The van der Waals surface area contributed by atoms with Gasteiger partial charge in [0.05, 0.1) is 17.7 Å². The summed E-state index contributed by atoms with van der Waals surface area (Å²) in [5, 5.41) is 10.7. The maximum absolute atomic E-state index is 9.68. The zero-order valence-corrected chi connectivity index (χ0v) is 10.5. The second-order valence-corrected chi connectivity index (χ2v) is 4.88. The minimum atomic E-state index is -0.804. The quantitative estimate of drug-likeness (QED) is 0.890. The van der Waals surface area contributed by atoms with Crippen LogP contribution in [0.3, 0.4) is 0 Å². The Kier molecular flexibility index (Phi) is 3.87. The van der Waals surface area contributed by atoms with E-state index in [0.717, 1.165) is 5.56 Å². The maximum atomic E-state index is 9.68. The molecule has 1 aromatic rings. The van der Waals surface area contributed by atoms with Gasteiger partial charge in [-0.15, -0.1) is 0 Å². The lowest BCUT2D eigenvalue weighted by atomic mass is 9.99. The lowest BCUT2D eigenvalue weighted by Gasteiger charge is -2.18. The van der Waals surface area contributed by atoms with Crippen LogP contribution in [0.4, 0.5) is 0 Å². The summed E-state index contributed by atoms with van der Waals surface area (Å²) in [6.07, 6.45) is 0.454. The van der Waals surface area contributed by atoms with Gasteiger partial charge >= 0.3 is 0 Å². The van der Waals surface area contributed by atoms with Gasteiger partial charge in [0.2, 0.25) is 0 Å². The van der Waals surface area contributed by atoms with Crippen molar-refractivity contribution in [3.63, 3.8) is 0 Å². The van der Waals surface area contributed by atoms with Gasteiger partial charge in [-0.2, -0.15) is 0 Å². The Morgan fingerprint density at radius 3 is 2.33 bits per heavy atom. The summed E-state index contributed by atoms with van der Waals surface area (Å²) in [6, 6.07) is 3.38. The summed E-state index contributed by atoms with van der Waals surface area (Å²) in [5.74, 6) is 0.543. The molecule has 1 rings (SSSR count). The zero-order valence-electron chi connectivity index (χ0n) is 8.97. The second-order valence-electron chi connectivity index (χ2n) is 4.07. The van der Waals surface area contributed by atoms with Crippen molar-refractivity contribution in [2.45, 2.75) is 25.9 Å². The van der Waals surface area contributed by atoms with Crippen LogP contribution < -0.4 is 4.74 Å².